The summed E-state index contributed by atoms with van der Waals surface area (Å²) in [4.78, 5) is 12.7. The molecule has 2 unspecified atom stereocenters. The molecule has 0 aliphatic heterocycles. The number of rotatable bonds is 3. The van der Waals surface area contributed by atoms with Gasteiger partial charge in [0.2, 0.25) is 0 Å². The van der Waals surface area contributed by atoms with Crippen molar-refractivity contribution in [1.29, 1.82) is 0 Å². The molecule has 1 fully saturated rings. The van der Waals surface area contributed by atoms with Crippen LogP contribution in [0.1, 0.15) is 29.6 Å². The Bertz CT molecular complexity index is 453. The molecule has 98 valence electrons. The molecule has 0 radical (unpaired) electrons. The maximum atomic E-state index is 12.0. The standard InChI is InChI=1S/C13H14Br2ClNO/c14-9-2-1-8(5-9)7-17-13(18)11-6-10(16)3-4-12(11)15/h3-4,6,8-9H,1-2,5,7H2,(H,17,18). The van der Waals surface area contributed by atoms with Crippen molar-refractivity contribution in [1.82, 2.24) is 5.32 Å². The number of hydrogen-bond acceptors (Lipinski definition) is 1. The molecule has 1 aliphatic rings. The van der Waals surface area contributed by atoms with E-state index in [0.717, 1.165) is 17.4 Å². The number of nitrogens with one attached hydrogen (secondary N) is 1. The van der Waals surface area contributed by atoms with Gasteiger partial charge in [0, 0.05) is 20.9 Å². The molecule has 1 aromatic rings. The normalized spacial score (nSPS) is 23.1. The highest BCUT2D eigenvalue weighted by Crippen LogP contribution is 2.30. The monoisotopic (exact) mass is 393 g/mol. The van der Waals surface area contributed by atoms with Gasteiger partial charge in [-0.25, -0.2) is 0 Å². The van der Waals surface area contributed by atoms with Gasteiger partial charge in [-0.15, -0.1) is 0 Å². The lowest BCUT2D eigenvalue weighted by Gasteiger charge is -2.11. The zero-order valence-corrected chi connectivity index (χ0v) is 13.7. The Labute approximate surface area is 129 Å². The number of hydrogen-bond donors (Lipinski definition) is 1. The first kappa shape index (κ1) is 14.4. The number of carbonyl (C=O) groups excluding carboxylic acids is 1. The minimum absolute atomic E-state index is 0.0672. The third-order valence-electron chi connectivity index (χ3n) is 3.20. The summed E-state index contributed by atoms with van der Waals surface area (Å²) in [7, 11) is 0. The van der Waals surface area contributed by atoms with E-state index in [1.165, 1.54) is 12.8 Å². The van der Waals surface area contributed by atoms with E-state index >= 15 is 0 Å². The molecule has 1 amide bonds. The van der Waals surface area contributed by atoms with Crippen molar-refractivity contribution in [3.8, 4) is 0 Å². The molecule has 1 N–H and O–H groups in total. The van der Waals surface area contributed by atoms with Crippen molar-refractivity contribution >= 4 is 49.4 Å². The quantitative estimate of drug-likeness (QED) is 0.756. The van der Waals surface area contributed by atoms with Crippen LogP contribution in [-0.2, 0) is 0 Å². The van der Waals surface area contributed by atoms with Gasteiger partial charge in [0.25, 0.3) is 5.91 Å². The van der Waals surface area contributed by atoms with Gasteiger partial charge in [-0.1, -0.05) is 27.5 Å². The molecule has 0 bridgehead atoms. The molecule has 0 saturated heterocycles. The Hall–Kier alpha value is -0.0600. The Morgan fingerprint density at radius 3 is 2.89 bits per heavy atom. The minimum Gasteiger partial charge on any atom is -0.352 e. The molecule has 1 aliphatic carbocycles. The van der Waals surface area contributed by atoms with E-state index in [1.54, 1.807) is 18.2 Å². The summed E-state index contributed by atoms with van der Waals surface area (Å²) in [6, 6.07) is 5.24. The van der Waals surface area contributed by atoms with Crippen molar-refractivity contribution < 1.29 is 4.79 Å². The molecule has 2 rings (SSSR count). The molecule has 2 nitrogen and oxygen atoms in total. The van der Waals surface area contributed by atoms with E-state index in [9.17, 15) is 4.79 Å². The van der Waals surface area contributed by atoms with Gasteiger partial charge in [-0.2, -0.15) is 0 Å². The second kappa shape index (κ2) is 6.40. The van der Waals surface area contributed by atoms with Crippen LogP contribution in [0, 0.1) is 5.92 Å². The van der Waals surface area contributed by atoms with Crippen LogP contribution in [0.4, 0.5) is 0 Å². The lowest BCUT2D eigenvalue weighted by Crippen LogP contribution is -2.28. The molecule has 2 atom stereocenters. The Morgan fingerprint density at radius 2 is 2.22 bits per heavy atom. The zero-order valence-electron chi connectivity index (χ0n) is 9.76. The molecule has 1 saturated carbocycles. The van der Waals surface area contributed by atoms with Crippen LogP contribution >= 0.6 is 43.5 Å². The highest BCUT2D eigenvalue weighted by molar-refractivity contribution is 9.10. The summed E-state index contributed by atoms with van der Waals surface area (Å²) < 4.78 is 0.772. The molecular weight excluding hydrogens is 381 g/mol. The smallest absolute Gasteiger partial charge is 0.252 e. The van der Waals surface area contributed by atoms with Gasteiger partial charge in [-0.3, -0.25) is 4.79 Å². The summed E-state index contributed by atoms with van der Waals surface area (Å²) in [6.45, 7) is 0.736. The van der Waals surface area contributed by atoms with Crippen LogP contribution in [0.5, 0.6) is 0 Å². The highest BCUT2D eigenvalue weighted by atomic mass is 79.9. The fourth-order valence-electron chi connectivity index (χ4n) is 2.20. The van der Waals surface area contributed by atoms with Crippen molar-refractivity contribution in [3.05, 3.63) is 33.3 Å². The van der Waals surface area contributed by atoms with Gasteiger partial charge in [0.05, 0.1) is 5.56 Å². The molecule has 0 spiro atoms. The Morgan fingerprint density at radius 1 is 1.44 bits per heavy atom. The summed E-state index contributed by atoms with van der Waals surface area (Å²) >= 11 is 12.9. The van der Waals surface area contributed by atoms with Gasteiger partial charge in [0.1, 0.15) is 0 Å². The van der Waals surface area contributed by atoms with Crippen molar-refractivity contribution in [2.75, 3.05) is 6.54 Å². The fourth-order valence-corrected chi connectivity index (χ4v) is 3.59. The van der Waals surface area contributed by atoms with Crippen LogP contribution in [0.2, 0.25) is 5.02 Å². The Balaban J connectivity index is 1.93. The van der Waals surface area contributed by atoms with Gasteiger partial charge in [-0.05, 0) is 59.3 Å². The number of benzene rings is 1. The number of amides is 1. The van der Waals surface area contributed by atoms with E-state index < -0.39 is 0 Å². The van der Waals surface area contributed by atoms with Crippen LogP contribution in [0.3, 0.4) is 0 Å². The molecular formula is C13H14Br2ClNO. The molecule has 0 heterocycles. The fraction of sp³-hybridized carbons (Fsp3) is 0.462. The van der Waals surface area contributed by atoms with Crippen molar-refractivity contribution in [2.45, 2.75) is 24.1 Å². The maximum absolute atomic E-state index is 12.0. The number of carbonyl (C=O) groups is 1. The Kier molecular flexibility index (Phi) is 5.10. The summed E-state index contributed by atoms with van der Waals surface area (Å²) in [6.07, 6.45) is 3.51. The zero-order chi connectivity index (χ0) is 13.1. The first-order valence-corrected chi connectivity index (χ1v) is 8.02. The third-order valence-corrected chi connectivity index (χ3v) is 4.96. The molecule has 18 heavy (non-hydrogen) atoms. The van der Waals surface area contributed by atoms with E-state index in [4.69, 9.17) is 11.6 Å². The molecule has 1 aromatic carbocycles. The lowest BCUT2D eigenvalue weighted by molar-refractivity contribution is 0.0946. The van der Waals surface area contributed by atoms with Crippen molar-refractivity contribution in [2.24, 2.45) is 5.92 Å². The average Bonchev–Trinajstić information content (AvgIpc) is 2.75. The molecule has 0 aromatic heterocycles. The van der Waals surface area contributed by atoms with E-state index in [0.29, 0.717) is 21.3 Å². The summed E-state index contributed by atoms with van der Waals surface area (Å²) in [5.41, 5.74) is 0.593. The van der Waals surface area contributed by atoms with Crippen LogP contribution < -0.4 is 5.32 Å². The van der Waals surface area contributed by atoms with E-state index in [1.807, 2.05) is 0 Å². The van der Waals surface area contributed by atoms with Crippen LogP contribution in [0.25, 0.3) is 0 Å². The minimum atomic E-state index is -0.0672. The van der Waals surface area contributed by atoms with Crippen molar-refractivity contribution in [3.63, 3.8) is 0 Å². The second-order valence-corrected chi connectivity index (χ2v) is 7.20. The lowest BCUT2D eigenvalue weighted by atomic mass is 10.1. The van der Waals surface area contributed by atoms with Gasteiger partial charge in [0.15, 0.2) is 0 Å². The largest absolute Gasteiger partial charge is 0.352 e. The molecule has 5 heteroatoms. The topological polar surface area (TPSA) is 29.1 Å². The SMILES string of the molecule is O=C(NCC1CCC(Br)C1)c1cc(Cl)ccc1Br. The predicted molar refractivity (Wildman–Crippen MR) is 81.5 cm³/mol. The maximum Gasteiger partial charge on any atom is 0.252 e. The average molecular weight is 396 g/mol. The predicted octanol–water partition coefficient (Wildman–Crippen LogP) is 4.40. The number of alkyl halides is 1. The van der Waals surface area contributed by atoms with Crippen LogP contribution in [0.15, 0.2) is 22.7 Å². The van der Waals surface area contributed by atoms with Crippen LogP contribution in [-0.4, -0.2) is 17.3 Å². The third kappa shape index (κ3) is 3.72. The van der Waals surface area contributed by atoms with E-state index in [-0.39, 0.29) is 5.91 Å². The van der Waals surface area contributed by atoms with Gasteiger partial charge < -0.3 is 5.32 Å². The first-order chi connectivity index (χ1) is 8.56. The summed E-state index contributed by atoms with van der Waals surface area (Å²) in [5.74, 6) is 0.513. The first-order valence-electron chi connectivity index (χ1n) is 5.93. The second-order valence-electron chi connectivity index (χ2n) is 4.61. The number of halogens is 3. The summed E-state index contributed by atoms with van der Waals surface area (Å²) in [5, 5.41) is 3.55. The van der Waals surface area contributed by atoms with Gasteiger partial charge >= 0.3 is 0 Å². The highest BCUT2D eigenvalue weighted by Gasteiger charge is 2.23. The van der Waals surface area contributed by atoms with E-state index in [2.05, 4.69) is 37.2 Å².